The minimum absolute atomic E-state index is 0.753. The molecule has 2 aliphatic heterocycles. The molecule has 0 amide bonds. The van der Waals surface area contributed by atoms with Crippen LogP contribution in [-0.2, 0) is 4.74 Å². The van der Waals surface area contributed by atoms with Crippen LogP contribution >= 0.6 is 0 Å². The maximum Gasteiger partial charge on any atom is 0.136 e. The van der Waals surface area contributed by atoms with Gasteiger partial charge in [-0.25, -0.2) is 9.97 Å². The first-order chi connectivity index (χ1) is 13.2. The Labute approximate surface area is 161 Å². The van der Waals surface area contributed by atoms with Gasteiger partial charge in [-0.2, -0.15) is 0 Å². The SMILES string of the molecule is Cc1nc(Nc2ccc(N3CCC(C)CC3)cc2)cc(N2CCOCC2)n1. The average molecular weight is 367 g/mol. The molecule has 1 aromatic heterocycles. The molecule has 144 valence electrons. The molecule has 0 bridgehead atoms. The molecule has 4 rings (SSSR count). The van der Waals surface area contributed by atoms with Gasteiger partial charge in [0.2, 0.25) is 0 Å². The van der Waals surface area contributed by atoms with E-state index in [1.165, 1.54) is 18.5 Å². The number of anilines is 4. The van der Waals surface area contributed by atoms with E-state index in [1.807, 2.05) is 13.0 Å². The van der Waals surface area contributed by atoms with Crippen LogP contribution in [-0.4, -0.2) is 49.4 Å². The Kier molecular flexibility index (Phi) is 5.43. The molecule has 0 unspecified atom stereocenters. The zero-order chi connectivity index (χ0) is 18.6. The van der Waals surface area contributed by atoms with Crippen LogP contribution in [0.2, 0.25) is 0 Å². The molecule has 0 aliphatic carbocycles. The van der Waals surface area contributed by atoms with Gasteiger partial charge in [0.1, 0.15) is 17.5 Å². The third-order valence-corrected chi connectivity index (χ3v) is 5.45. The van der Waals surface area contributed by atoms with E-state index >= 15 is 0 Å². The number of hydrogen-bond acceptors (Lipinski definition) is 6. The van der Waals surface area contributed by atoms with E-state index in [0.29, 0.717) is 0 Å². The quantitative estimate of drug-likeness (QED) is 0.891. The number of rotatable bonds is 4. The highest BCUT2D eigenvalue weighted by Crippen LogP contribution is 2.26. The average Bonchev–Trinajstić information content (AvgIpc) is 2.69. The molecule has 0 spiro atoms. The minimum atomic E-state index is 0.753. The number of nitrogens with zero attached hydrogens (tertiary/aromatic N) is 4. The maximum absolute atomic E-state index is 5.44. The van der Waals surface area contributed by atoms with Crippen LogP contribution in [0.25, 0.3) is 0 Å². The second kappa shape index (κ2) is 8.13. The lowest BCUT2D eigenvalue weighted by Gasteiger charge is -2.32. The topological polar surface area (TPSA) is 53.5 Å². The number of benzene rings is 1. The predicted molar refractivity (Wildman–Crippen MR) is 110 cm³/mol. The largest absolute Gasteiger partial charge is 0.378 e. The van der Waals surface area contributed by atoms with Gasteiger partial charge in [-0.15, -0.1) is 0 Å². The fraction of sp³-hybridized carbons (Fsp3) is 0.524. The van der Waals surface area contributed by atoms with Gasteiger partial charge in [0.25, 0.3) is 0 Å². The van der Waals surface area contributed by atoms with Gasteiger partial charge in [0.15, 0.2) is 0 Å². The summed E-state index contributed by atoms with van der Waals surface area (Å²) in [5.74, 6) is 3.43. The molecule has 0 saturated carbocycles. The van der Waals surface area contributed by atoms with Crippen LogP contribution in [0.4, 0.5) is 23.0 Å². The molecule has 0 atom stereocenters. The summed E-state index contributed by atoms with van der Waals surface area (Å²) in [5, 5.41) is 3.43. The van der Waals surface area contributed by atoms with Gasteiger partial charge in [-0.05, 0) is 49.9 Å². The summed E-state index contributed by atoms with van der Waals surface area (Å²) in [6.07, 6.45) is 2.56. The Hall–Kier alpha value is -2.34. The normalized spacial score (nSPS) is 18.6. The fourth-order valence-electron chi connectivity index (χ4n) is 3.74. The van der Waals surface area contributed by atoms with Crippen LogP contribution in [0.3, 0.4) is 0 Å². The molecule has 1 aromatic carbocycles. The van der Waals surface area contributed by atoms with Gasteiger partial charge >= 0.3 is 0 Å². The number of nitrogens with one attached hydrogen (secondary N) is 1. The first-order valence-electron chi connectivity index (χ1n) is 9.98. The van der Waals surface area contributed by atoms with Gasteiger partial charge in [-0.3, -0.25) is 0 Å². The Bertz CT molecular complexity index is 750. The Balaban J connectivity index is 1.45. The van der Waals surface area contributed by atoms with E-state index in [-0.39, 0.29) is 0 Å². The number of aromatic nitrogens is 2. The molecule has 2 aromatic rings. The third-order valence-electron chi connectivity index (χ3n) is 5.45. The maximum atomic E-state index is 5.44. The van der Waals surface area contributed by atoms with Crippen molar-refractivity contribution in [1.29, 1.82) is 0 Å². The molecule has 6 nitrogen and oxygen atoms in total. The molecule has 1 N–H and O–H groups in total. The molecule has 2 aliphatic rings. The minimum Gasteiger partial charge on any atom is -0.378 e. The highest BCUT2D eigenvalue weighted by atomic mass is 16.5. The number of hydrogen-bond donors (Lipinski definition) is 1. The second-order valence-electron chi connectivity index (χ2n) is 7.60. The first kappa shape index (κ1) is 18.0. The highest BCUT2D eigenvalue weighted by molar-refractivity contribution is 5.63. The Morgan fingerprint density at radius 1 is 0.963 bits per heavy atom. The van der Waals surface area contributed by atoms with E-state index in [9.17, 15) is 0 Å². The van der Waals surface area contributed by atoms with Crippen molar-refractivity contribution < 1.29 is 4.74 Å². The molecular formula is C21H29N5O. The Morgan fingerprint density at radius 3 is 2.37 bits per heavy atom. The molecule has 0 radical (unpaired) electrons. The number of ether oxygens (including phenoxy) is 1. The number of piperidine rings is 1. The van der Waals surface area contributed by atoms with Crippen LogP contribution in [0.5, 0.6) is 0 Å². The first-order valence-corrected chi connectivity index (χ1v) is 9.98. The smallest absolute Gasteiger partial charge is 0.136 e. The molecule has 6 heteroatoms. The highest BCUT2D eigenvalue weighted by Gasteiger charge is 2.16. The van der Waals surface area contributed by atoms with Gasteiger partial charge in [0, 0.05) is 43.6 Å². The van der Waals surface area contributed by atoms with E-state index in [0.717, 1.165) is 68.5 Å². The standard InChI is InChI=1S/C21H29N5O/c1-16-7-9-25(10-8-16)19-5-3-18(4-6-19)24-20-15-21(23-17(2)22-20)26-11-13-27-14-12-26/h3-6,15-16H,7-14H2,1-2H3,(H,22,23,24). The van der Waals surface area contributed by atoms with Crippen molar-refractivity contribution in [2.45, 2.75) is 26.7 Å². The van der Waals surface area contributed by atoms with Crippen molar-refractivity contribution >= 4 is 23.0 Å². The lowest BCUT2D eigenvalue weighted by Crippen LogP contribution is -2.36. The van der Waals surface area contributed by atoms with E-state index < -0.39 is 0 Å². The summed E-state index contributed by atoms with van der Waals surface area (Å²) in [6, 6.07) is 10.7. The molecule has 2 saturated heterocycles. The number of aryl methyl sites for hydroxylation is 1. The number of morpholine rings is 1. The molecular weight excluding hydrogens is 338 g/mol. The summed E-state index contributed by atoms with van der Waals surface area (Å²) < 4.78 is 5.44. The summed E-state index contributed by atoms with van der Waals surface area (Å²) >= 11 is 0. The fourth-order valence-corrected chi connectivity index (χ4v) is 3.74. The molecule has 3 heterocycles. The van der Waals surface area contributed by atoms with Crippen molar-refractivity contribution in [3.63, 3.8) is 0 Å². The zero-order valence-corrected chi connectivity index (χ0v) is 16.3. The van der Waals surface area contributed by atoms with Crippen LogP contribution < -0.4 is 15.1 Å². The molecule has 27 heavy (non-hydrogen) atoms. The lowest BCUT2D eigenvalue weighted by atomic mass is 9.99. The van der Waals surface area contributed by atoms with Gasteiger partial charge < -0.3 is 19.9 Å². The summed E-state index contributed by atoms with van der Waals surface area (Å²) in [7, 11) is 0. The van der Waals surface area contributed by atoms with E-state index in [4.69, 9.17) is 4.74 Å². The van der Waals surface area contributed by atoms with Crippen molar-refractivity contribution in [3.05, 3.63) is 36.2 Å². The van der Waals surface area contributed by atoms with Crippen molar-refractivity contribution in [1.82, 2.24) is 9.97 Å². The van der Waals surface area contributed by atoms with Crippen molar-refractivity contribution in [2.75, 3.05) is 54.5 Å². The van der Waals surface area contributed by atoms with E-state index in [2.05, 4.69) is 56.3 Å². The van der Waals surface area contributed by atoms with Crippen molar-refractivity contribution in [3.8, 4) is 0 Å². The monoisotopic (exact) mass is 367 g/mol. The van der Waals surface area contributed by atoms with Crippen LogP contribution in [0.1, 0.15) is 25.6 Å². The van der Waals surface area contributed by atoms with Crippen LogP contribution in [0.15, 0.2) is 30.3 Å². The molecule has 2 fully saturated rings. The predicted octanol–water partition coefficient (Wildman–Crippen LogP) is 3.60. The summed E-state index contributed by atoms with van der Waals surface area (Å²) in [4.78, 5) is 13.9. The lowest BCUT2D eigenvalue weighted by molar-refractivity contribution is 0.122. The summed E-state index contributed by atoms with van der Waals surface area (Å²) in [6.45, 7) is 9.85. The van der Waals surface area contributed by atoms with Crippen molar-refractivity contribution in [2.24, 2.45) is 5.92 Å². The van der Waals surface area contributed by atoms with Crippen LogP contribution in [0, 0.1) is 12.8 Å². The third kappa shape index (κ3) is 4.50. The second-order valence-corrected chi connectivity index (χ2v) is 7.60. The van der Waals surface area contributed by atoms with Gasteiger partial charge in [-0.1, -0.05) is 6.92 Å². The van der Waals surface area contributed by atoms with E-state index in [1.54, 1.807) is 0 Å². The summed E-state index contributed by atoms with van der Waals surface area (Å²) in [5.41, 5.74) is 2.36. The van der Waals surface area contributed by atoms with Gasteiger partial charge in [0.05, 0.1) is 13.2 Å². The zero-order valence-electron chi connectivity index (χ0n) is 16.3. The Morgan fingerprint density at radius 2 is 1.67 bits per heavy atom.